The van der Waals surface area contributed by atoms with Crippen molar-refractivity contribution in [1.29, 1.82) is 0 Å². The summed E-state index contributed by atoms with van der Waals surface area (Å²) in [6.07, 6.45) is 18.1. The van der Waals surface area contributed by atoms with Crippen LogP contribution >= 0.6 is 0 Å². The minimum absolute atomic E-state index is 0.0567. The summed E-state index contributed by atoms with van der Waals surface area (Å²) in [6, 6.07) is -0.840. The molecule has 3 rings (SSSR count). The standard InChI is InChI=1S/C36H48N2O8/c1-23-14-13-17-27-20-28(39)21-30(34(27)42)38-32(40)22-29(45-4)18-11-6-5-7-12-19-31(24(2)33(23)41)46-36(44)25(3)37-35(43)26-15-9-8-10-16-26/h5-7,11-12,14,18,20-21,24-26,29,31,33,41H,8-10,13,15-17,19,22H2,1-4H3,(H,37,43)(H,38,40)/b6-5+,12-7+,18-11+,23-14-/t24?,25-,29?,31?,33?/m1/s1. The number of ether oxygens (including phenoxy) is 2. The minimum atomic E-state index is -0.968. The highest BCUT2D eigenvalue weighted by Crippen LogP contribution is 2.25. The van der Waals surface area contributed by atoms with E-state index in [9.17, 15) is 29.1 Å². The van der Waals surface area contributed by atoms with Crippen LogP contribution in [-0.2, 0) is 33.4 Å². The van der Waals surface area contributed by atoms with Crippen LogP contribution in [0.2, 0.25) is 0 Å². The molecule has 2 amide bonds. The quantitative estimate of drug-likeness (QED) is 0.230. The van der Waals surface area contributed by atoms with Crippen LogP contribution in [0.25, 0.3) is 0 Å². The fraction of sp³-hybridized carbons (Fsp3) is 0.528. The van der Waals surface area contributed by atoms with Crippen LogP contribution in [0.15, 0.2) is 71.5 Å². The topological polar surface area (TPSA) is 148 Å². The molecule has 0 saturated heterocycles. The summed E-state index contributed by atoms with van der Waals surface area (Å²) in [5.74, 6) is -2.59. The Labute approximate surface area is 271 Å². The zero-order valence-electron chi connectivity index (χ0n) is 27.3. The zero-order chi connectivity index (χ0) is 33.6. The van der Waals surface area contributed by atoms with Crippen molar-refractivity contribution in [2.45, 2.75) is 103 Å². The van der Waals surface area contributed by atoms with Crippen molar-refractivity contribution >= 4 is 29.4 Å². The third kappa shape index (κ3) is 11.2. The van der Waals surface area contributed by atoms with E-state index in [4.69, 9.17) is 9.47 Å². The molecule has 2 bridgehead atoms. The summed E-state index contributed by atoms with van der Waals surface area (Å²) >= 11 is 0. The van der Waals surface area contributed by atoms with Gasteiger partial charge in [0.25, 0.3) is 0 Å². The fourth-order valence-corrected chi connectivity index (χ4v) is 5.73. The van der Waals surface area contributed by atoms with Gasteiger partial charge in [-0.15, -0.1) is 0 Å². The predicted octanol–water partition coefficient (Wildman–Crippen LogP) is 4.26. The SMILES string of the molecule is COC1/C=C/C=C/C=C/CC(OC(=O)[C@@H](C)NC(=O)C2CCCCC2)C(C)C(O)/C(C)=C\CCC2=CC(=O)C=C(NC(=O)C1)C2=O. The largest absolute Gasteiger partial charge is 0.460 e. The Kier molecular flexibility index (Phi) is 14.6. The monoisotopic (exact) mass is 636 g/mol. The van der Waals surface area contributed by atoms with E-state index in [1.54, 1.807) is 57.2 Å². The lowest BCUT2D eigenvalue weighted by atomic mass is 9.88. The third-order valence-electron chi connectivity index (χ3n) is 8.65. The van der Waals surface area contributed by atoms with Gasteiger partial charge in [0.1, 0.15) is 12.1 Å². The van der Waals surface area contributed by atoms with Gasteiger partial charge < -0.3 is 25.2 Å². The molecule has 3 aliphatic rings. The number of methoxy groups -OCH3 is 1. The van der Waals surface area contributed by atoms with Gasteiger partial charge in [0.2, 0.25) is 17.6 Å². The molecule has 10 nitrogen and oxygen atoms in total. The van der Waals surface area contributed by atoms with Gasteiger partial charge in [0, 0.05) is 37.0 Å². The van der Waals surface area contributed by atoms with Crippen molar-refractivity contribution < 1.29 is 38.6 Å². The van der Waals surface area contributed by atoms with Crippen LogP contribution in [0.5, 0.6) is 0 Å². The number of aliphatic hydroxyl groups is 1. The molecule has 0 aromatic carbocycles. The lowest BCUT2D eigenvalue weighted by Gasteiger charge is -2.29. The number of hydrogen-bond donors (Lipinski definition) is 3. The summed E-state index contributed by atoms with van der Waals surface area (Å²) in [6.45, 7) is 5.16. The van der Waals surface area contributed by atoms with Gasteiger partial charge in [0.15, 0.2) is 5.78 Å². The Bertz CT molecular complexity index is 1310. The summed E-state index contributed by atoms with van der Waals surface area (Å²) in [7, 11) is 1.47. The normalized spacial score (nSPS) is 29.8. The number of amides is 2. The maximum Gasteiger partial charge on any atom is 0.328 e. The van der Waals surface area contributed by atoms with Crippen molar-refractivity contribution in [3.8, 4) is 0 Å². The molecule has 1 saturated carbocycles. The van der Waals surface area contributed by atoms with Crippen molar-refractivity contribution in [2.24, 2.45) is 11.8 Å². The van der Waals surface area contributed by atoms with E-state index in [1.807, 2.05) is 6.08 Å². The van der Waals surface area contributed by atoms with Crippen LogP contribution in [-0.4, -0.2) is 65.9 Å². The molecule has 10 heteroatoms. The van der Waals surface area contributed by atoms with Crippen LogP contribution < -0.4 is 10.6 Å². The van der Waals surface area contributed by atoms with Crippen LogP contribution in [0.4, 0.5) is 0 Å². The molecule has 250 valence electrons. The van der Waals surface area contributed by atoms with Crippen LogP contribution in [0.3, 0.4) is 0 Å². The van der Waals surface area contributed by atoms with Crippen LogP contribution in [0, 0.1) is 11.8 Å². The van der Waals surface area contributed by atoms with Gasteiger partial charge in [-0.05, 0) is 51.2 Å². The number of Topliss-reactive ketones (excluding diaryl/α,β-unsaturated/α-hetero) is 1. The molecule has 5 atom stereocenters. The van der Waals surface area contributed by atoms with E-state index in [1.165, 1.54) is 13.2 Å². The van der Waals surface area contributed by atoms with E-state index < -0.39 is 53.7 Å². The summed E-state index contributed by atoms with van der Waals surface area (Å²) in [5, 5.41) is 16.6. The second-order valence-corrected chi connectivity index (χ2v) is 12.3. The zero-order valence-corrected chi connectivity index (χ0v) is 27.3. The number of carbonyl (C=O) groups excluding carboxylic acids is 5. The van der Waals surface area contributed by atoms with Gasteiger partial charge in [-0.25, -0.2) is 4.79 Å². The average Bonchev–Trinajstić information content (AvgIpc) is 3.04. The smallest absolute Gasteiger partial charge is 0.328 e. The second-order valence-electron chi connectivity index (χ2n) is 12.3. The molecule has 4 unspecified atom stereocenters. The number of fused-ring (bicyclic) bond motifs is 2. The number of hydrogen-bond acceptors (Lipinski definition) is 8. The Morgan fingerprint density at radius 3 is 2.48 bits per heavy atom. The van der Waals surface area contributed by atoms with Crippen molar-refractivity contribution in [3.05, 3.63) is 71.5 Å². The summed E-state index contributed by atoms with van der Waals surface area (Å²) in [5.41, 5.74) is 0.803. The molecule has 1 aliphatic heterocycles. The highest BCUT2D eigenvalue weighted by atomic mass is 16.5. The second kappa shape index (κ2) is 18.3. The number of carbonyl (C=O) groups is 5. The minimum Gasteiger partial charge on any atom is -0.460 e. The first-order valence-electron chi connectivity index (χ1n) is 16.2. The molecule has 46 heavy (non-hydrogen) atoms. The number of allylic oxidation sites excluding steroid dienone is 8. The molecule has 1 heterocycles. The Balaban J connectivity index is 1.79. The first-order chi connectivity index (χ1) is 22.0. The Morgan fingerprint density at radius 1 is 1.04 bits per heavy atom. The molecular weight excluding hydrogens is 588 g/mol. The van der Waals surface area contributed by atoms with E-state index in [0.717, 1.165) is 38.2 Å². The first kappa shape index (κ1) is 36.6. The van der Waals surface area contributed by atoms with Gasteiger partial charge in [0.05, 0.1) is 24.3 Å². The number of rotatable bonds is 5. The van der Waals surface area contributed by atoms with Gasteiger partial charge in [-0.2, -0.15) is 0 Å². The van der Waals surface area contributed by atoms with E-state index in [-0.39, 0.29) is 35.9 Å². The summed E-state index contributed by atoms with van der Waals surface area (Å²) in [4.78, 5) is 63.8. The van der Waals surface area contributed by atoms with Gasteiger partial charge >= 0.3 is 5.97 Å². The number of ketones is 2. The lowest BCUT2D eigenvalue weighted by Crippen LogP contribution is -2.45. The highest BCUT2D eigenvalue weighted by Gasteiger charge is 2.31. The maximum atomic E-state index is 13.1. The molecule has 3 N–H and O–H groups in total. The fourth-order valence-electron chi connectivity index (χ4n) is 5.73. The molecule has 1 fully saturated rings. The van der Waals surface area contributed by atoms with Crippen molar-refractivity contribution in [3.63, 3.8) is 0 Å². The van der Waals surface area contributed by atoms with Crippen molar-refractivity contribution in [1.82, 2.24) is 10.6 Å². The number of esters is 1. The molecule has 0 aromatic rings. The number of aliphatic hydroxyl groups excluding tert-OH is 1. The molecule has 0 radical (unpaired) electrons. The number of nitrogens with one attached hydrogen (secondary N) is 2. The van der Waals surface area contributed by atoms with E-state index in [0.29, 0.717) is 18.4 Å². The highest BCUT2D eigenvalue weighted by molar-refractivity contribution is 6.21. The van der Waals surface area contributed by atoms with Gasteiger partial charge in [-0.1, -0.05) is 68.7 Å². The third-order valence-corrected chi connectivity index (χ3v) is 8.65. The van der Waals surface area contributed by atoms with Crippen LogP contribution in [0.1, 0.15) is 78.6 Å². The Morgan fingerprint density at radius 2 is 1.76 bits per heavy atom. The molecule has 0 spiro atoms. The molecular formula is C36H48N2O8. The Hall–Kier alpha value is -3.89. The molecule has 0 aromatic heterocycles. The van der Waals surface area contributed by atoms with Crippen molar-refractivity contribution in [2.75, 3.05) is 7.11 Å². The first-order valence-corrected chi connectivity index (χ1v) is 16.2. The van der Waals surface area contributed by atoms with E-state index >= 15 is 0 Å². The lowest BCUT2D eigenvalue weighted by molar-refractivity contribution is -0.156. The maximum absolute atomic E-state index is 13.1. The van der Waals surface area contributed by atoms with E-state index in [2.05, 4.69) is 10.6 Å². The summed E-state index contributed by atoms with van der Waals surface area (Å²) < 4.78 is 11.3. The van der Waals surface area contributed by atoms with Gasteiger partial charge in [-0.3, -0.25) is 19.2 Å². The molecule has 2 aliphatic carbocycles. The average molecular weight is 637 g/mol. The predicted molar refractivity (Wildman–Crippen MR) is 174 cm³/mol.